The van der Waals surface area contributed by atoms with Gasteiger partial charge in [-0.2, -0.15) is 0 Å². The molecule has 122 valence electrons. The van der Waals surface area contributed by atoms with Crippen LogP contribution in [0.15, 0.2) is 58.2 Å². The lowest BCUT2D eigenvalue weighted by Crippen LogP contribution is -1.92. The summed E-state index contributed by atoms with van der Waals surface area (Å²) in [6.45, 7) is 3.87. The summed E-state index contributed by atoms with van der Waals surface area (Å²) in [5.41, 5.74) is 2.62. The van der Waals surface area contributed by atoms with Crippen LogP contribution in [0.5, 0.6) is 0 Å². The monoisotopic (exact) mass is 332 g/mol. The SMILES string of the molecule is CC\C=C/C(=C\N=C\C=C/C=NC)Cc1cc(C)c(Cl)c(F)c1. The molecule has 23 heavy (non-hydrogen) atoms. The molecule has 1 aromatic rings. The van der Waals surface area contributed by atoms with E-state index in [1.54, 1.807) is 44.8 Å². The summed E-state index contributed by atoms with van der Waals surface area (Å²) in [5.74, 6) is -0.384. The van der Waals surface area contributed by atoms with E-state index in [1.807, 2.05) is 12.1 Å². The van der Waals surface area contributed by atoms with Crippen molar-refractivity contribution in [3.63, 3.8) is 0 Å². The molecule has 0 spiro atoms. The molecule has 0 aromatic heterocycles. The number of aryl methyl sites for hydroxylation is 1. The van der Waals surface area contributed by atoms with Gasteiger partial charge in [0.15, 0.2) is 0 Å². The van der Waals surface area contributed by atoms with E-state index in [0.29, 0.717) is 6.42 Å². The van der Waals surface area contributed by atoms with Crippen LogP contribution in [0.3, 0.4) is 0 Å². The van der Waals surface area contributed by atoms with Gasteiger partial charge in [-0.3, -0.25) is 9.98 Å². The van der Waals surface area contributed by atoms with Crippen molar-refractivity contribution in [2.24, 2.45) is 9.98 Å². The number of hydrogen-bond donors (Lipinski definition) is 0. The zero-order chi connectivity index (χ0) is 17.1. The summed E-state index contributed by atoms with van der Waals surface area (Å²) in [4.78, 5) is 8.09. The smallest absolute Gasteiger partial charge is 0.142 e. The minimum absolute atomic E-state index is 0.184. The first kappa shape index (κ1) is 19.0. The van der Waals surface area contributed by atoms with Crippen LogP contribution in [0, 0.1) is 12.7 Å². The molecule has 0 bridgehead atoms. The maximum atomic E-state index is 13.7. The fraction of sp³-hybridized carbons (Fsp3) is 0.263. The number of rotatable bonds is 7. The summed E-state index contributed by atoms with van der Waals surface area (Å²) >= 11 is 5.87. The highest BCUT2D eigenvalue weighted by molar-refractivity contribution is 6.31. The highest BCUT2D eigenvalue weighted by Crippen LogP contribution is 2.22. The molecule has 0 aliphatic heterocycles. The highest BCUT2D eigenvalue weighted by atomic mass is 35.5. The summed E-state index contributed by atoms with van der Waals surface area (Å²) < 4.78 is 13.7. The molecule has 0 atom stereocenters. The van der Waals surface area contributed by atoms with E-state index in [9.17, 15) is 4.39 Å². The maximum Gasteiger partial charge on any atom is 0.142 e. The van der Waals surface area contributed by atoms with Crippen LogP contribution in [0.2, 0.25) is 5.02 Å². The number of hydrogen-bond acceptors (Lipinski definition) is 2. The largest absolute Gasteiger partial charge is 0.297 e. The van der Waals surface area contributed by atoms with Crippen molar-refractivity contribution < 1.29 is 4.39 Å². The average Bonchev–Trinajstić information content (AvgIpc) is 2.53. The number of nitrogens with zero attached hydrogens (tertiary/aromatic N) is 2. The van der Waals surface area contributed by atoms with Gasteiger partial charge in [-0.1, -0.05) is 36.7 Å². The van der Waals surface area contributed by atoms with Gasteiger partial charge in [-0.15, -0.1) is 0 Å². The fourth-order valence-corrected chi connectivity index (χ4v) is 2.04. The molecule has 0 unspecified atom stereocenters. The second-order valence-electron chi connectivity index (χ2n) is 4.99. The Bertz CT molecular complexity index is 632. The lowest BCUT2D eigenvalue weighted by Gasteiger charge is -2.06. The number of halogens is 2. The molecule has 0 aliphatic rings. The summed E-state index contributed by atoms with van der Waals surface area (Å²) in [6.07, 6.45) is 14.4. The van der Waals surface area contributed by atoms with E-state index in [4.69, 9.17) is 11.6 Å². The molecule has 1 rings (SSSR count). The average molecular weight is 333 g/mol. The first-order valence-electron chi connectivity index (χ1n) is 7.49. The van der Waals surface area contributed by atoms with Gasteiger partial charge in [0.1, 0.15) is 5.82 Å². The van der Waals surface area contributed by atoms with E-state index in [-0.39, 0.29) is 10.8 Å². The van der Waals surface area contributed by atoms with Crippen molar-refractivity contribution in [3.8, 4) is 0 Å². The molecule has 0 heterocycles. The molecule has 2 nitrogen and oxygen atoms in total. The van der Waals surface area contributed by atoms with Gasteiger partial charge in [0.25, 0.3) is 0 Å². The Morgan fingerprint density at radius 2 is 2.00 bits per heavy atom. The Hall–Kier alpha value is -2.00. The summed E-state index contributed by atoms with van der Waals surface area (Å²) in [5, 5.41) is 0.184. The Labute approximate surface area is 142 Å². The maximum absolute atomic E-state index is 13.7. The topological polar surface area (TPSA) is 24.7 Å². The van der Waals surface area contributed by atoms with Crippen LogP contribution in [0.1, 0.15) is 24.5 Å². The Morgan fingerprint density at radius 3 is 2.65 bits per heavy atom. The molecular weight excluding hydrogens is 311 g/mol. The number of allylic oxidation sites excluding steroid dienone is 5. The van der Waals surface area contributed by atoms with Crippen LogP contribution in [0.25, 0.3) is 0 Å². The predicted octanol–water partition coefficient (Wildman–Crippen LogP) is 5.51. The van der Waals surface area contributed by atoms with Crippen LogP contribution >= 0.6 is 11.6 Å². The fourth-order valence-electron chi connectivity index (χ4n) is 1.93. The molecule has 0 N–H and O–H groups in total. The van der Waals surface area contributed by atoms with E-state index in [0.717, 1.165) is 23.1 Å². The van der Waals surface area contributed by atoms with Crippen molar-refractivity contribution in [2.45, 2.75) is 26.7 Å². The van der Waals surface area contributed by atoms with Crippen LogP contribution in [-0.2, 0) is 6.42 Å². The normalized spacial score (nSPS) is 13.3. The molecule has 4 heteroatoms. The van der Waals surface area contributed by atoms with Crippen molar-refractivity contribution >= 4 is 24.0 Å². The third-order valence-corrected chi connectivity index (χ3v) is 3.48. The van der Waals surface area contributed by atoms with Gasteiger partial charge in [0.2, 0.25) is 0 Å². The zero-order valence-corrected chi connectivity index (χ0v) is 14.5. The van der Waals surface area contributed by atoms with Crippen molar-refractivity contribution in [1.29, 1.82) is 0 Å². The van der Waals surface area contributed by atoms with Gasteiger partial charge in [0, 0.05) is 25.7 Å². The molecule has 0 fully saturated rings. The summed E-state index contributed by atoms with van der Waals surface area (Å²) in [6, 6.07) is 3.38. The van der Waals surface area contributed by atoms with E-state index >= 15 is 0 Å². The molecule has 0 saturated carbocycles. The lowest BCUT2D eigenvalue weighted by molar-refractivity contribution is 0.625. The molecule has 0 radical (unpaired) electrons. The van der Waals surface area contributed by atoms with Crippen LogP contribution < -0.4 is 0 Å². The quantitative estimate of drug-likeness (QED) is 0.464. The highest BCUT2D eigenvalue weighted by Gasteiger charge is 2.06. The van der Waals surface area contributed by atoms with E-state index < -0.39 is 0 Å². The zero-order valence-electron chi connectivity index (χ0n) is 13.8. The Kier molecular flexibility index (Phi) is 8.85. The Balaban J connectivity index is 2.92. The predicted molar refractivity (Wildman–Crippen MR) is 99.4 cm³/mol. The minimum Gasteiger partial charge on any atom is -0.297 e. The van der Waals surface area contributed by atoms with Crippen molar-refractivity contribution in [2.75, 3.05) is 7.05 Å². The minimum atomic E-state index is -0.384. The molecule has 1 aromatic carbocycles. The lowest BCUT2D eigenvalue weighted by atomic mass is 10.0. The van der Waals surface area contributed by atoms with E-state index in [2.05, 4.69) is 23.0 Å². The number of benzene rings is 1. The van der Waals surface area contributed by atoms with Gasteiger partial charge in [-0.05, 0) is 54.7 Å². The van der Waals surface area contributed by atoms with Gasteiger partial charge in [0.05, 0.1) is 5.02 Å². The van der Waals surface area contributed by atoms with Gasteiger partial charge >= 0.3 is 0 Å². The van der Waals surface area contributed by atoms with Gasteiger partial charge < -0.3 is 0 Å². The summed E-state index contributed by atoms with van der Waals surface area (Å²) in [7, 11) is 1.71. The third kappa shape index (κ3) is 7.20. The Morgan fingerprint density at radius 1 is 1.26 bits per heavy atom. The molecule has 0 aliphatic carbocycles. The molecule has 0 amide bonds. The van der Waals surface area contributed by atoms with E-state index in [1.165, 1.54) is 6.07 Å². The molecule has 0 saturated heterocycles. The third-order valence-electron chi connectivity index (χ3n) is 3.00. The standard InChI is InChI=1S/C19H22ClFN2/c1-4-5-8-16(14-23-10-7-6-9-22-3)12-17-11-15(2)19(20)18(21)13-17/h5-11,13-14H,4,12H2,1-3H3/b7-6-,8-5-,16-14+,22-9?,23-10+. The van der Waals surface area contributed by atoms with Gasteiger partial charge in [-0.25, -0.2) is 4.39 Å². The van der Waals surface area contributed by atoms with Crippen molar-refractivity contribution in [3.05, 3.63) is 70.2 Å². The second kappa shape index (κ2) is 10.7. The number of aliphatic imine (C=N–C) groups is 2. The van der Waals surface area contributed by atoms with Crippen LogP contribution in [-0.4, -0.2) is 19.5 Å². The van der Waals surface area contributed by atoms with Crippen LogP contribution in [0.4, 0.5) is 4.39 Å². The first-order valence-corrected chi connectivity index (χ1v) is 7.87. The van der Waals surface area contributed by atoms with Crippen molar-refractivity contribution in [1.82, 2.24) is 0 Å². The molecular formula is C19H22ClFN2. The second-order valence-corrected chi connectivity index (χ2v) is 5.37. The first-order chi connectivity index (χ1) is 11.1.